The molecule has 0 aliphatic carbocycles. The van der Waals surface area contributed by atoms with Crippen LogP contribution in [0.2, 0.25) is 0 Å². The Bertz CT molecular complexity index is 238. The molecule has 0 fully saturated rings. The summed E-state index contributed by atoms with van der Waals surface area (Å²) in [6.07, 6.45) is 3.19. The van der Waals surface area contributed by atoms with Crippen molar-refractivity contribution in [2.75, 3.05) is 0 Å². The summed E-state index contributed by atoms with van der Waals surface area (Å²) in [7, 11) is 0. The first kappa shape index (κ1) is 9.40. The third-order valence-electron chi connectivity index (χ3n) is 1.77. The van der Waals surface area contributed by atoms with Crippen LogP contribution in [0.4, 0.5) is 0 Å². The summed E-state index contributed by atoms with van der Waals surface area (Å²) in [6, 6.07) is 10.4. The first-order valence-corrected chi connectivity index (χ1v) is 4.79. The van der Waals surface area contributed by atoms with Gasteiger partial charge in [0.1, 0.15) is 0 Å². The Morgan fingerprint density at radius 3 is 2.50 bits per heavy atom. The molecule has 0 aliphatic heterocycles. The van der Waals surface area contributed by atoms with Crippen LogP contribution in [0.1, 0.15) is 25.3 Å². The number of hydrogen-bond acceptors (Lipinski definition) is 1. The average molecular weight is 178 g/mol. The predicted octanol–water partition coefficient (Wildman–Crippen LogP) is 3.40. The highest BCUT2D eigenvalue weighted by Gasteiger charge is 1.96. The summed E-state index contributed by atoms with van der Waals surface area (Å²) in [6.45, 7) is 2.16. The van der Waals surface area contributed by atoms with E-state index in [0.29, 0.717) is 0 Å². The van der Waals surface area contributed by atoms with Gasteiger partial charge < -0.3 is 0 Å². The minimum atomic E-state index is 0.962. The van der Waals surface area contributed by atoms with Crippen molar-refractivity contribution < 1.29 is 0 Å². The molecule has 1 rings (SSSR count). The van der Waals surface area contributed by atoms with Gasteiger partial charge in [-0.25, -0.2) is 0 Å². The summed E-state index contributed by atoms with van der Waals surface area (Å²) in [5, 5.41) is 0. The quantitative estimate of drug-likeness (QED) is 0.637. The molecule has 1 heteroatoms. The van der Waals surface area contributed by atoms with E-state index in [9.17, 15) is 0 Å². The highest BCUT2D eigenvalue weighted by molar-refractivity contribution is 7.80. The van der Waals surface area contributed by atoms with Gasteiger partial charge in [-0.15, -0.1) is 0 Å². The lowest BCUT2D eigenvalue weighted by Gasteiger charge is -2.01. The van der Waals surface area contributed by atoms with E-state index in [1.807, 2.05) is 6.07 Å². The van der Waals surface area contributed by atoms with Crippen molar-refractivity contribution in [2.45, 2.75) is 26.2 Å². The predicted molar refractivity (Wildman–Crippen MR) is 57.7 cm³/mol. The molecule has 0 aliphatic rings. The summed E-state index contributed by atoms with van der Waals surface area (Å²) < 4.78 is 0. The third-order valence-corrected chi connectivity index (χ3v) is 2.12. The maximum absolute atomic E-state index is 5.24. The van der Waals surface area contributed by atoms with Crippen LogP contribution in [-0.4, -0.2) is 4.86 Å². The van der Waals surface area contributed by atoms with Crippen molar-refractivity contribution in [2.24, 2.45) is 0 Å². The van der Waals surface area contributed by atoms with E-state index in [1.54, 1.807) is 0 Å². The van der Waals surface area contributed by atoms with Gasteiger partial charge in [0.15, 0.2) is 0 Å². The molecule has 1 aromatic carbocycles. The molecule has 0 heterocycles. The van der Waals surface area contributed by atoms with Crippen molar-refractivity contribution >= 4 is 17.1 Å². The molecule has 0 amide bonds. The lowest BCUT2D eigenvalue weighted by Crippen LogP contribution is -1.98. The van der Waals surface area contributed by atoms with Gasteiger partial charge in [0.05, 0.1) is 0 Å². The fourth-order valence-corrected chi connectivity index (χ4v) is 1.56. The number of hydrogen-bond donors (Lipinski definition) is 0. The fourth-order valence-electron chi connectivity index (χ4n) is 1.19. The van der Waals surface area contributed by atoms with Gasteiger partial charge in [-0.05, 0) is 16.8 Å². The molecule has 0 aromatic heterocycles. The van der Waals surface area contributed by atoms with E-state index in [-0.39, 0.29) is 0 Å². The Morgan fingerprint density at radius 1 is 1.25 bits per heavy atom. The molecular weight excluding hydrogens is 164 g/mol. The maximum atomic E-state index is 5.24. The highest BCUT2D eigenvalue weighted by atomic mass is 32.1. The van der Waals surface area contributed by atoms with Crippen molar-refractivity contribution in [1.82, 2.24) is 0 Å². The van der Waals surface area contributed by atoms with Gasteiger partial charge in [0.2, 0.25) is 0 Å². The van der Waals surface area contributed by atoms with Gasteiger partial charge in [-0.3, -0.25) is 0 Å². The number of thiocarbonyl (C=S) groups is 1. The normalized spacial score (nSPS) is 9.75. The van der Waals surface area contributed by atoms with Crippen LogP contribution in [0, 0.1) is 0 Å². The molecule has 0 atom stereocenters. The maximum Gasteiger partial charge on any atom is 0.00382 e. The highest BCUT2D eigenvalue weighted by Crippen LogP contribution is 2.04. The van der Waals surface area contributed by atoms with E-state index in [1.165, 1.54) is 10.4 Å². The Kier molecular flexibility index (Phi) is 3.95. The minimum absolute atomic E-state index is 0.962. The average Bonchev–Trinajstić information content (AvgIpc) is 2.06. The van der Waals surface area contributed by atoms with Gasteiger partial charge in [0, 0.05) is 6.42 Å². The second-order valence-electron chi connectivity index (χ2n) is 2.95. The second-order valence-corrected chi connectivity index (χ2v) is 3.53. The molecule has 0 unspecified atom stereocenters. The van der Waals surface area contributed by atoms with Crippen molar-refractivity contribution in [1.29, 1.82) is 0 Å². The van der Waals surface area contributed by atoms with Gasteiger partial charge in [-0.2, -0.15) is 0 Å². The molecule has 0 N–H and O–H groups in total. The van der Waals surface area contributed by atoms with Crippen molar-refractivity contribution in [3.63, 3.8) is 0 Å². The van der Waals surface area contributed by atoms with E-state index in [0.717, 1.165) is 19.3 Å². The molecule has 64 valence electrons. The SMILES string of the molecule is CCCC(=S)Cc1ccccc1. The monoisotopic (exact) mass is 178 g/mol. The lowest BCUT2D eigenvalue weighted by atomic mass is 10.1. The molecule has 0 saturated carbocycles. The van der Waals surface area contributed by atoms with Crippen LogP contribution in [0.15, 0.2) is 30.3 Å². The summed E-state index contributed by atoms with van der Waals surface area (Å²) in [5.74, 6) is 0. The Labute approximate surface area is 79.6 Å². The molecule has 0 spiro atoms. The van der Waals surface area contributed by atoms with Crippen molar-refractivity contribution in [3.8, 4) is 0 Å². The van der Waals surface area contributed by atoms with Crippen LogP contribution in [0.3, 0.4) is 0 Å². The number of benzene rings is 1. The Morgan fingerprint density at radius 2 is 1.92 bits per heavy atom. The zero-order valence-corrected chi connectivity index (χ0v) is 8.23. The lowest BCUT2D eigenvalue weighted by molar-refractivity contribution is 0.989. The second kappa shape index (κ2) is 5.04. The Balaban J connectivity index is 2.47. The molecule has 0 radical (unpaired) electrons. The topological polar surface area (TPSA) is 0 Å². The van der Waals surface area contributed by atoms with E-state index >= 15 is 0 Å². The van der Waals surface area contributed by atoms with E-state index in [2.05, 4.69) is 31.2 Å². The molecule has 0 saturated heterocycles. The van der Waals surface area contributed by atoms with Crippen LogP contribution in [0.5, 0.6) is 0 Å². The van der Waals surface area contributed by atoms with Gasteiger partial charge in [-0.1, -0.05) is 55.9 Å². The largest absolute Gasteiger partial charge is 0.0893 e. The summed E-state index contributed by atoms with van der Waals surface area (Å²) >= 11 is 5.24. The first-order chi connectivity index (χ1) is 5.83. The van der Waals surface area contributed by atoms with Gasteiger partial charge in [0.25, 0.3) is 0 Å². The fraction of sp³-hybridized carbons (Fsp3) is 0.364. The zero-order valence-electron chi connectivity index (χ0n) is 7.42. The van der Waals surface area contributed by atoms with Crippen molar-refractivity contribution in [3.05, 3.63) is 35.9 Å². The number of rotatable bonds is 4. The van der Waals surface area contributed by atoms with Crippen LogP contribution in [0.25, 0.3) is 0 Å². The zero-order chi connectivity index (χ0) is 8.81. The molecule has 12 heavy (non-hydrogen) atoms. The molecular formula is C11H14S. The Hall–Kier alpha value is -0.690. The van der Waals surface area contributed by atoms with Gasteiger partial charge >= 0.3 is 0 Å². The minimum Gasteiger partial charge on any atom is -0.0893 e. The molecule has 1 aromatic rings. The third kappa shape index (κ3) is 3.14. The summed E-state index contributed by atoms with van der Waals surface area (Å²) in [4.78, 5) is 1.17. The van der Waals surface area contributed by atoms with Crippen LogP contribution >= 0.6 is 12.2 Å². The van der Waals surface area contributed by atoms with E-state index in [4.69, 9.17) is 12.2 Å². The van der Waals surface area contributed by atoms with E-state index < -0.39 is 0 Å². The molecule has 0 nitrogen and oxygen atoms in total. The smallest absolute Gasteiger partial charge is 0.00382 e. The molecule has 0 bridgehead atoms. The van der Waals surface area contributed by atoms with Crippen LogP contribution in [-0.2, 0) is 6.42 Å². The van der Waals surface area contributed by atoms with Crippen LogP contribution < -0.4 is 0 Å². The summed E-state index contributed by atoms with van der Waals surface area (Å²) in [5.41, 5.74) is 1.33. The first-order valence-electron chi connectivity index (χ1n) is 4.38. The standard InChI is InChI=1S/C11H14S/c1-2-6-11(12)9-10-7-4-3-5-8-10/h3-5,7-8H,2,6,9H2,1H3.